The molecular formula is C14H15ClFNS. The molecule has 0 aliphatic carbocycles. The average molecular weight is 284 g/mol. The summed E-state index contributed by atoms with van der Waals surface area (Å²) in [5, 5.41) is 0.153. The highest BCUT2D eigenvalue weighted by molar-refractivity contribution is 7.15. The van der Waals surface area contributed by atoms with Gasteiger partial charge in [-0.2, -0.15) is 0 Å². The molecule has 96 valence electrons. The summed E-state index contributed by atoms with van der Waals surface area (Å²) in [5.41, 5.74) is 7.01. The molecular weight excluding hydrogens is 269 g/mol. The van der Waals surface area contributed by atoms with Crippen molar-refractivity contribution in [2.75, 3.05) is 0 Å². The molecule has 2 N–H and O–H groups in total. The second-order valence-electron chi connectivity index (χ2n) is 4.23. The van der Waals surface area contributed by atoms with Gasteiger partial charge in [0, 0.05) is 15.8 Å². The van der Waals surface area contributed by atoms with Gasteiger partial charge in [-0.1, -0.05) is 31.0 Å². The van der Waals surface area contributed by atoms with Crippen molar-refractivity contribution in [2.24, 2.45) is 5.73 Å². The zero-order valence-electron chi connectivity index (χ0n) is 10.1. The van der Waals surface area contributed by atoms with Crippen LogP contribution in [0.2, 0.25) is 5.02 Å². The molecule has 0 spiro atoms. The molecule has 0 bridgehead atoms. The second kappa shape index (κ2) is 5.83. The quantitative estimate of drug-likeness (QED) is 0.839. The van der Waals surface area contributed by atoms with Crippen LogP contribution in [0.4, 0.5) is 4.39 Å². The summed E-state index contributed by atoms with van der Waals surface area (Å²) in [6, 6.07) is 8.92. The van der Waals surface area contributed by atoms with Gasteiger partial charge in [-0.25, -0.2) is 4.39 Å². The number of hydrogen-bond acceptors (Lipinski definition) is 2. The Labute approximate surface area is 115 Å². The van der Waals surface area contributed by atoms with E-state index in [1.54, 1.807) is 23.5 Å². The van der Waals surface area contributed by atoms with Crippen LogP contribution in [0.25, 0.3) is 10.4 Å². The van der Waals surface area contributed by atoms with E-state index in [1.807, 2.05) is 12.1 Å². The Kier molecular flexibility index (Phi) is 4.38. The van der Waals surface area contributed by atoms with E-state index in [0.29, 0.717) is 0 Å². The molecule has 18 heavy (non-hydrogen) atoms. The number of nitrogens with two attached hydrogens (primary N) is 1. The molecule has 1 heterocycles. The lowest BCUT2D eigenvalue weighted by molar-refractivity contribution is 0.628. The molecule has 0 fully saturated rings. The maximum Gasteiger partial charge on any atom is 0.141 e. The molecule has 1 aromatic heterocycles. The van der Waals surface area contributed by atoms with Gasteiger partial charge in [-0.3, -0.25) is 0 Å². The topological polar surface area (TPSA) is 26.0 Å². The summed E-state index contributed by atoms with van der Waals surface area (Å²) >= 11 is 7.43. The lowest BCUT2D eigenvalue weighted by Crippen LogP contribution is -2.07. The van der Waals surface area contributed by atoms with Crippen molar-refractivity contribution in [3.63, 3.8) is 0 Å². The van der Waals surface area contributed by atoms with Gasteiger partial charge in [0.2, 0.25) is 0 Å². The van der Waals surface area contributed by atoms with Gasteiger partial charge < -0.3 is 5.73 Å². The van der Waals surface area contributed by atoms with Crippen LogP contribution in [0.1, 0.15) is 30.7 Å². The Morgan fingerprint density at radius 1 is 1.33 bits per heavy atom. The number of rotatable bonds is 4. The zero-order valence-corrected chi connectivity index (χ0v) is 11.7. The molecule has 2 aromatic rings. The van der Waals surface area contributed by atoms with Gasteiger partial charge in [0.25, 0.3) is 0 Å². The third kappa shape index (κ3) is 2.91. The summed E-state index contributed by atoms with van der Waals surface area (Å²) in [5.74, 6) is -0.389. The number of hydrogen-bond donors (Lipinski definition) is 1. The molecule has 0 saturated carbocycles. The van der Waals surface area contributed by atoms with Crippen LogP contribution in [0, 0.1) is 5.82 Å². The van der Waals surface area contributed by atoms with Crippen molar-refractivity contribution in [3.05, 3.63) is 46.0 Å². The van der Waals surface area contributed by atoms with Gasteiger partial charge >= 0.3 is 0 Å². The summed E-state index contributed by atoms with van der Waals surface area (Å²) < 4.78 is 13.1. The van der Waals surface area contributed by atoms with Gasteiger partial charge in [-0.05, 0) is 36.2 Å². The van der Waals surface area contributed by atoms with Crippen LogP contribution in [-0.4, -0.2) is 0 Å². The predicted molar refractivity (Wildman–Crippen MR) is 76.6 cm³/mol. The van der Waals surface area contributed by atoms with E-state index in [-0.39, 0.29) is 16.9 Å². The Balaban J connectivity index is 2.26. The van der Waals surface area contributed by atoms with Crippen LogP contribution in [-0.2, 0) is 0 Å². The van der Waals surface area contributed by atoms with Crippen LogP contribution in [0.3, 0.4) is 0 Å². The molecule has 0 radical (unpaired) electrons. The normalized spacial score (nSPS) is 12.7. The van der Waals surface area contributed by atoms with Gasteiger partial charge in [0.1, 0.15) is 5.82 Å². The average Bonchev–Trinajstić information content (AvgIpc) is 2.82. The van der Waals surface area contributed by atoms with Gasteiger partial charge in [-0.15, -0.1) is 11.3 Å². The second-order valence-corrected chi connectivity index (χ2v) is 5.75. The van der Waals surface area contributed by atoms with E-state index >= 15 is 0 Å². The van der Waals surface area contributed by atoms with E-state index in [1.165, 1.54) is 6.07 Å². The first-order valence-electron chi connectivity index (χ1n) is 5.92. The van der Waals surface area contributed by atoms with E-state index in [0.717, 1.165) is 28.2 Å². The third-order valence-corrected chi connectivity index (χ3v) is 4.35. The standard InChI is InChI=1S/C14H15ClFNS/c1-2-3-12(17)14-7-6-13(18-14)9-4-5-11(16)10(15)8-9/h4-8,12H,2-3,17H2,1H3. The lowest BCUT2D eigenvalue weighted by atomic mass is 10.1. The molecule has 2 rings (SSSR count). The molecule has 4 heteroatoms. The van der Waals surface area contributed by atoms with Crippen LogP contribution in [0.15, 0.2) is 30.3 Å². The van der Waals surface area contributed by atoms with Crippen molar-refractivity contribution in [1.82, 2.24) is 0 Å². The lowest BCUT2D eigenvalue weighted by Gasteiger charge is -2.06. The first-order valence-corrected chi connectivity index (χ1v) is 7.12. The van der Waals surface area contributed by atoms with E-state index in [9.17, 15) is 4.39 Å². The number of halogens is 2. The van der Waals surface area contributed by atoms with Gasteiger partial charge in [0.15, 0.2) is 0 Å². The summed E-state index contributed by atoms with van der Waals surface area (Å²) in [4.78, 5) is 2.23. The van der Waals surface area contributed by atoms with Crippen molar-refractivity contribution in [2.45, 2.75) is 25.8 Å². The Bertz CT molecular complexity index is 538. The van der Waals surface area contributed by atoms with Crippen LogP contribution in [0.5, 0.6) is 0 Å². The van der Waals surface area contributed by atoms with Crippen LogP contribution < -0.4 is 5.73 Å². The highest BCUT2D eigenvalue weighted by Crippen LogP contribution is 2.33. The molecule has 0 aliphatic rings. The highest BCUT2D eigenvalue weighted by atomic mass is 35.5. The van der Waals surface area contributed by atoms with Crippen molar-refractivity contribution in [3.8, 4) is 10.4 Å². The highest BCUT2D eigenvalue weighted by Gasteiger charge is 2.10. The largest absolute Gasteiger partial charge is 0.323 e. The Morgan fingerprint density at radius 3 is 2.78 bits per heavy atom. The summed E-state index contributed by atoms with van der Waals surface area (Å²) in [7, 11) is 0. The zero-order chi connectivity index (χ0) is 13.1. The summed E-state index contributed by atoms with van der Waals surface area (Å²) in [6.07, 6.45) is 2.04. The first-order chi connectivity index (χ1) is 8.61. The van der Waals surface area contributed by atoms with Crippen molar-refractivity contribution >= 4 is 22.9 Å². The Morgan fingerprint density at radius 2 is 2.11 bits per heavy atom. The van der Waals surface area contributed by atoms with Crippen LogP contribution >= 0.6 is 22.9 Å². The van der Waals surface area contributed by atoms with E-state index in [2.05, 4.69) is 6.92 Å². The van der Waals surface area contributed by atoms with Crippen molar-refractivity contribution < 1.29 is 4.39 Å². The fraction of sp³-hybridized carbons (Fsp3) is 0.286. The SMILES string of the molecule is CCCC(N)c1ccc(-c2ccc(F)c(Cl)c2)s1. The minimum atomic E-state index is -0.389. The third-order valence-electron chi connectivity index (χ3n) is 2.80. The smallest absolute Gasteiger partial charge is 0.141 e. The van der Waals surface area contributed by atoms with E-state index in [4.69, 9.17) is 17.3 Å². The molecule has 1 nitrogen and oxygen atoms in total. The molecule has 1 aromatic carbocycles. The molecule has 1 atom stereocenters. The number of thiophene rings is 1. The van der Waals surface area contributed by atoms with Gasteiger partial charge in [0.05, 0.1) is 5.02 Å². The first kappa shape index (κ1) is 13.5. The number of benzene rings is 1. The molecule has 0 amide bonds. The maximum absolute atomic E-state index is 13.1. The van der Waals surface area contributed by atoms with Crippen molar-refractivity contribution in [1.29, 1.82) is 0 Å². The molecule has 1 unspecified atom stereocenters. The Hall–Kier alpha value is -0.900. The van der Waals surface area contributed by atoms with E-state index < -0.39 is 0 Å². The predicted octanol–water partition coefficient (Wildman–Crippen LogP) is 5.01. The minimum Gasteiger partial charge on any atom is -0.323 e. The summed E-state index contributed by atoms with van der Waals surface area (Å²) in [6.45, 7) is 2.12. The fourth-order valence-electron chi connectivity index (χ4n) is 1.81. The monoisotopic (exact) mass is 283 g/mol. The maximum atomic E-state index is 13.1. The minimum absolute atomic E-state index is 0.0877. The fourth-order valence-corrected chi connectivity index (χ4v) is 3.03. The molecule has 0 saturated heterocycles. The molecule has 0 aliphatic heterocycles.